The van der Waals surface area contributed by atoms with Gasteiger partial charge in [0.1, 0.15) is 5.82 Å². The average molecular weight is 409 g/mol. The van der Waals surface area contributed by atoms with Gasteiger partial charge in [0.05, 0.1) is 0 Å². The molecule has 0 N–H and O–H groups in total. The molecule has 2 aromatic rings. The fraction of sp³-hybridized carbons (Fsp3) is 0.500. The number of nitrogens with zero attached hydrogens (tertiary/aromatic N) is 2. The highest BCUT2D eigenvalue weighted by molar-refractivity contribution is 5.94. The Balaban J connectivity index is 1.52. The molecule has 0 aromatic heterocycles. The summed E-state index contributed by atoms with van der Waals surface area (Å²) in [7, 11) is 2.26. The minimum absolute atomic E-state index is 0.00920. The summed E-state index contributed by atoms with van der Waals surface area (Å²) >= 11 is 0. The van der Waals surface area contributed by atoms with Crippen LogP contribution in [0.3, 0.4) is 0 Å². The van der Waals surface area contributed by atoms with Gasteiger partial charge >= 0.3 is 0 Å². The van der Waals surface area contributed by atoms with Crippen LogP contribution in [-0.2, 0) is 0 Å². The van der Waals surface area contributed by atoms with Gasteiger partial charge in [-0.3, -0.25) is 4.79 Å². The summed E-state index contributed by atoms with van der Waals surface area (Å²) in [5, 5.41) is 0. The molecule has 0 bridgehead atoms. The van der Waals surface area contributed by atoms with Crippen molar-refractivity contribution >= 4 is 5.91 Å². The lowest BCUT2D eigenvalue weighted by Gasteiger charge is -2.34. The molecule has 1 amide bonds. The molecule has 1 aliphatic carbocycles. The van der Waals surface area contributed by atoms with Crippen LogP contribution in [0.1, 0.15) is 59.5 Å². The molecule has 30 heavy (non-hydrogen) atoms. The van der Waals surface area contributed by atoms with E-state index in [1.165, 1.54) is 55.4 Å². The number of benzene rings is 2. The third kappa shape index (κ3) is 4.75. The Morgan fingerprint density at radius 1 is 1.00 bits per heavy atom. The second kappa shape index (κ2) is 9.30. The Labute approximate surface area is 179 Å². The van der Waals surface area contributed by atoms with Crippen molar-refractivity contribution in [2.75, 3.05) is 26.7 Å². The van der Waals surface area contributed by atoms with E-state index in [1.807, 2.05) is 4.90 Å². The molecule has 160 valence electrons. The third-order valence-corrected chi connectivity index (χ3v) is 7.05. The van der Waals surface area contributed by atoms with Gasteiger partial charge in [0, 0.05) is 37.2 Å². The number of amides is 1. The molecule has 4 heteroatoms. The van der Waals surface area contributed by atoms with Crippen molar-refractivity contribution in [3.8, 4) is 0 Å². The first-order valence-electron chi connectivity index (χ1n) is 11.3. The van der Waals surface area contributed by atoms with Gasteiger partial charge < -0.3 is 9.80 Å². The molecule has 2 atom stereocenters. The molecule has 0 spiro atoms. The van der Waals surface area contributed by atoms with E-state index >= 15 is 0 Å². The van der Waals surface area contributed by atoms with Gasteiger partial charge in [-0.15, -0.1) is 0 Å². The maximum atomic E-state index is 13.3. The standard InChI is InChI=1S/C26H33FN2O/c1-19-8-10-20(11-9-19)25-18-29(26(30)21-12-14-23(27)15-13-21)17-22(25)16-28(2)24-6-4-3-5-7-24/h8-15,22,24-25H,3-7,16-18H2,1-2H3/t22-,25+/m0/s1. The summed E-state index contributed by atoms with van der Waals surface area (Å²) in [6.45, 7) is 4.60. The van der Waals surface area contributed by atoms with Crippen molar-refractivity contribution in [1.29, 1.82) is 0 Å². The maximum Gasteiger partial charge on any atom is 0.253 e. The molecule has 3 nitrogen and oxygen atoms in total. The van der Waals surface area contributed by atoms with E-state index in [9.17, 15) is 9.18 Å². The van der Waals surface area contributed by atoms with Gasteiger partial charge in [-0.2, -0.15) is 0 Å². The zero-order valence-corrected chi connectivity index (χ0v) is 18.2. The van der Waals surface area contributed by atoms with Crippen molar-refractivity contribution < 1.29 is 9.18 Å². The number of rotatable bonds is 5. The highest BCUT2D eigenvalue weighted by Crippen LogP contribution is 2.35. The molecule has 2 fully saturated rings. The molecular weight excluding hydrogens is 375 g/mol. The van der Waals surface area contributed by atoms with Crippen LogP contribution in [-0.4, -0.2) is 48.4 Å². The summed E-state index contributed by atoms with van der Waals surface area (Å²) in [5.74, 6) is 0.442. The van der Waals surface area contributed by atoms with Crippen molar-refractivity contribution in [3.05, 3.63) is 71.0 Å². The van der Waals surface area contributed by atoms with Gasteiger partial charge in [-0.1, -0.05) is 49.1 Å². The highest BCUT2D eigenvalue weighted by atomic mass is 19.1. The SMILES string of the molecule is Cc1ccc([C@H]2CN(C(=O)c3ccc(F)cc3)C[C@@H]2CN(C)C2CCCCC2)cc1. The topological polar surface area (TPSA) is 23.6 Å². The van der Waals surface area contributed by atoms with E-state index in [0.717, 1.165) is 19.6 Å². The van der Waals surface area contributed by atoms with Crippen LogP contribution in [0.2, 0.25) is 0 Å². The minimum Gasteiger partial charge on any atom is -0.338 e. The summed E-state index contributed by atoms with van der Waals surface area (Å²) in [5.41, 5.74) is 3.14. The van der Waals surface area contributed by atoms with Crippen LogP contribution in [0, 0.1) is 18.7 Å². The van der Waals surface area contributed by atoms with Crippen LogP contribution < -0.4 is 0 Å². The maximum absolute atomic E-state index is 13.3. The molecule has 0 unspecified atom stereocenters. The van der Waals surface area contributed by atoms with E-state index in [4.69, 9.17) is 0 Å². The van der Waals surface area contributed by atoms with Gasteiger partial charge in [0.15, 0.2) is 0 Å². The molecule has 1 aliphatic heterocycles. The largest absolute Gasteiger partial charge is 0.338 e. The van der Waals surface area contributed by atoms with Crippen LogP contribution in [0.5, 0.6) is 0 Å². The first-order valence-corrected chi connectivity index (χ1v) is 11.3. The van der Waals surface area contributed by atoms with Gasteiger partial charge in [-0.25, -0.2) is 4.39 Å². The molecule has 2 aromatic carbocycles. The number of likely N-dealkylation sites (tertiary alicyclic amines) is 1. The molecule has 1 saturated carbocycles. The fourth-order valence-corrected chi connectivity index (χ4v) is 5.23. The Kier molecular flexibility index (Phi) is 6.52. The predicted octanol–water partition coefficient (Wildman–Crippen LogP) is 5.25. The Morgan fingerprint density at radius 2 is 1.67 bits per heavy atom. The van der Waals surface area contributed by atoms with Crippen molar-refractivity contribution in [3.63, 3.8) is 0 Å². The number of hydrogen-bond donors (Lipinski definition) is 0. The van der Waals surface area contributed by atoms with Crippen LogP contribution in [0.4, 0.5) is 4.39 Å². The number of halogens is 1. The smallest absolute Gasteiger partial charge is 0.253 e. The monoisotopic (exact) mass is 408 g/mol. The van der Waals surface area contributed by atoms with Gasteiger partial charge in [-0.05, 0) is 62.6 Å². The Hall–Kier alpha value is -2.20. The lowest BCUT2D eigenvalue weighted by molar-refractivity contribution is 0.0780. The number of carbonyl (C=O) groups is 1. The molecular formula is C26H33FN2O. The number of hydrogen-bond acceptors (Lipinski definition) is 2. The zero-order chi connectivity index (χ0) is 21.1. The normalized spacial score (nSPS) is 22.6. The molecule has 2 aliphatic rings. The van der Waals surface area contributed by atoms with E-state index < -0.39 is 0 Å². The van der Waals surface area contributed by atoms with Crippen LogP contribution >= 0.6 is 0 Å². The number of aryl methyl sites for hydroxylation is 1. The van der Waals surface area contributed by atoms with E-state index in [0.29, 0.717) is 23.4 Å². The zero-order valence-electron chi connectivity index (χ0n) is 18.2. The Bertz CT molecular complexity index is 842. The fourth-order valence-electron chi connectivity index (χ4n) is 5.23. The highest BCUT2D eigenvalue weighted by Gasteiger charge is 2.37. The van der Waals surface area contributed by atoms with E-state index in [1.54, 1.807) is 12.1 Å². The van der Waals surface area contributed by atoms with Crippen molar-refractivity contribution in [2.24, 2.45) is 5.92 Å². The second-order valence-corrected chi connectivity index (χ2v) is 9.23. The summed E-state index contributed by atoms with van der Waals surface area (Å²) in [6, 6.07) is 15.4. The quantitative estimate of drug-likeness (QED) is 0.674. The first-order chi connectivity index (χ1) is 14.5. The van der Waals surface area contributed by atoms with Gasteiger partial charge in [0.25, 0.3) is 5.91 Å². The first kappa shape index (κ1) is 21.0. The summed E-state index contributed by atoms with van der Waals surface area (Å²) in [4.78, 5) is 17.6. The van der Waals surface area contributed by atoms with E-state index in [-0.39, 0.29) is 11.7 Å². The lowest BCUT2D eigenvalue weighted by Crippen LogP contribution is -2.38. The van der Waals surface area contributed by atoms with Crippen molar-refractivity contribution in [1.82, 2.24) is 9.80 Å². The summed E-state index contributed by atoms with van der Waals surface area (Å²) < 4.78 is 13.3. The van der Waals surface area contributed by atoms with Crippen LogP contribution in [0.25, 0.3) is 0 Å². The molecule has 1 heterocycles. The third-order valence-electron chi connectivity index (χ3n) is 7.05. The number of carbonyl (C=O) groups excluding carboxylic acids is 1. The molecule has 1 saturated heterocycles. The average Bonchev–Trinajstić information content (AvgIpc) is 3.18. The molecule has 4 rings (SSSR count). The van der Waals surface area contributed by atoms with Gasteiger partial charge in [0.2, 0.25) is 0 Å². The predicted molar refractivity (Wildman–Crippen MR) is 119 cm³/mol. The lowest BCUT2D eigenvalue weighted by atomic mass is 9.87. The minimum atomic E-state index is -0.308. The van der Waals surface area contributed by atoms with Crippen molar-refractivity contribution in [2.45, 2.75) is 51.0 Å². The second-order valence-electron chi connectivity index (χ2n) is 9.23. The van der Waals surface area contributed by atoms with E-state index in [2.05, 4.69) is 43.1 Å². The van der Waals surface area contributed by atoms with Crippen LogP contribution in [0.15, 0.2) is 48.5 Å². The molecule has 0 radical (unpaired) electrons. The Morgan fingerprint density at radius 3 is 2.33 bits per heavy atom. The summed E-state index contributed by atoms with van der Waals surface area (Å²) in [6.07, 6.45) is 6.60.